The average Bonchev–Trinajstić information content (AvgIpc) is 3.43. The summed E-state index contributed by atoms with van der Waals surface area (Å²) in [4.78, 5) is 33.5. The molecule has 0 saturated heterocycles. The summed E-state index contributed by atoms with van der Waals surface area (Å²) < 4.78 is 16.5. The van der Waals surface area contributed by atoms with Crippen molar-refractivity contribution >= 4 is 22.7 Å². The third-order valence-electron chi connectivity index (χ3n) is 8.06. The predicted molar refractivity (Wildman–Crippen MR) is 163 cm³/mol. The van der Waals surface area contributed by atoms with Crippen molar-refractivity contribution in [2.75, 3.05) is 21.3 Å². The lowest BCUT2D eigenvalue weighted by Gasteiger charge is -2.34. The molecule has 0 spiro atoms. The highest BCUT2D eigenvalue weighted by Gasteiger charge is 2.34. The van der Waals surface area contributed by atoms with E-state index in [2.05, 4.69) is 10.3 Å². The highest BCUT2D eigenvalue weighted by Crippen LogP contribution is 2.34. The first-order chi connectivity index (χ1) is 20.5. The largest absolute Gasteiger partial charge is 0.497 e. The van der Waals surface area contributed by atoms with Gasteiger partial charge in [0.2, 0.25) is 11.8 Å². The number of fused-ring (bicyclic) bond motifs is 1. The summed E-state index contributed by atoms with van der Waals surface area (Å²) in [5, 5.41) is 4.27. The number of hydrogen-bond acceptors (Lipinski definition) is 5. The van der Waals surface area contributed by atoms with Crippen molar-refractivity contribution < 1.29 is 23.8 Å². The summed E-state index contributed by atoms with van der Waals surface area (Å²) in [6, 6.07) is 20.1. The van der Waals surface area contributed by atoms with Crippen molar-refractivity contribution in [1.82, 2.24) is 15.2 Å². The van der Waals surface area contributed by atoms with Gasteiger partial charge in [-0.2, -0.15) is 0 Å². The Hall–Kier alpha value is -4.46. The second kappa shape index (κ2) is 13.5. The van der Waals surface area contributed by atoms with Crippen molar-refractivity contribution in [3.8, 4) is 17.2 Å². The second-order valence-corrected chi connectivity index (χ2v) is 10.8. The van der Waals surface area contributed by atoms with Gasteiger partial charge < -0.3 is 29.4 Å². The molecule has 3 aromatic carbocycles. The monoisotopic (exact) mass is 569 g/mol. The van der Waals surface area contributed by atoms with Gasteiger partial charge in [0, 0.05) is 29.7 Å². The maximum Gasteiger partial charge on any atom is 0.247 e. The Kier molecular flexibility index (Phi) is 9.31. The topological polar surface area (TPSA) is 92.9 Å². The van der Waals surface area contributed by atoms with E-state index < -0.39 is 6.04 Å². The second-order valence-electron chi connectivity index (χ2n) is 10.8. The van der Waals surface area contributed by atoms with Gasteiger partial charge in [-0.15, -0.1) is 0 Å². The van der Waals surface area contributed by atoms with Gasteiger partial charge in [0.15, 0.2) is 11.5 Å². The molecule has 42 heavy (non-hydrogen) atoms. The Morgan fingerprint density at radius 1 is 0.905 bits per heavy atom. The lowest BCUT2D eigenvalue weighted by atomic mass is 9.94. The van der Waals surface area contributed by atoms with Crippen LogP contribution in [0.25, 0.3) is 10.9 Å². The molecule has 5 rings (SSSR count). The SMILES string of the molecule is COc1cccc(CN(C(=O)Cc2c[nH]c3ccccc23)C(C(=O)NC2CCCCC2)c2ccc(OC)c(OC)c2)c1. The average molecular weight is 570 g/mol. The van der Waals surface area contributed by atoms with Crippen LogP contribution in [0.2, 0.25) is 0 Å². The summed E-state index contributed by atoms with van der Waals surface area (Å²) in [5.74, 6) is 1.37. The molecule has 0 bridgehead atoms. The Morgan fingerprint density at radius 2 is 1.69 bits per heavy atom. The van der Waals surface area contributed by atoms with Crippen LogP contribution in [0, 0.1) is 0 Å². The number of aromatic nitrogens is 1. The summed E-state index contributed by atoms with van der Waals surface area (Å²) in [7, 11) is 4.75. The predicted octanol–water partition coefficient (Wildman–Crippen LogP) is 5.96. The normalized spacial score (nSPS) is 14.3. The van der Waals surface area contributed by atoms with E-state index in [-0.39, 0.29) is 30.8 Å². The molecule has 1 atom stereocenters. The number of nitrogens with zero attached hydrogens (tertiary/aromatic N) is 1. The molecule has 2 N–H and O–H groups in total. The molecule has 8 heteroatoms. The van der Waals surface area contributed by atoms with Gasteiger partial charge in [0.25, 0.3) is 0 Å². The van der Waals surface area contributed by atoms with E-state index in [1.807, 2.05) is 60.8 Å². The van der Waals surface area contributed by atoms with Gasteiger partial charge in [0.05, 0.1) is 27.8 Å². The molecule has 220 valence electrons. The fourth-order valence-electron chi connectivity index (χ4n) is 5.86. The summed E-state index contributed by atoms with van der Waals surface area (Å²) in [5.41, 5.74) is 3.35. The molecule has 8 nitrogen and oxygen atoms in total. The van der Waals surface area contributed by atoms with E-state index >= 15 is 0 Å². The Morgan fingerprint density at radius 3 is 2.45 bits per heavy atom. The molecule has 1 aliphatic rings. The zero-order chi connectivity index (χ0) is 29.5. The van der Waals surface area contributed by atoms with Crippen molar-refractivity contribution in [3.05, 3.63) is 89.6 Å². The molecular formula is C34H39N3O5. The van der Waals surface area contributed by atoms with E-state index in [0.29, 0.717) is 22.8 Å². The number of carbonyl (C=O) groups excluding carboxylic acids is 2. The van der Waals surface area contributed by atoms with Crippen molar-refractivity contribution in [2.45, 2.75) is 57.2 Å². The number of para-hydroxylation sites is 1. The number of rotatable bonds is 11. The van der Waals surface area contributed by atoms with Crippen LogP contribution in [-0.2, 0) is 22.6 Å². The van der Waals surface area contributed by atoms with Gasteiger partial charge in [-0.25, -0.2) is 0 Å². The number of aromatic amines is 1. The molecule has 4 aromatic rings. The van der Waals surface area contributed by atoms with Crippen LogP contribution in [0.5, 0.6) is 17.2 Å². The first kappa shape index (κ1) is 29.0. The fourth-order valence-corrected chi connectivity index (χ4v) is 5.86. The minimum absolute atomic E-state index is 0.0799. The van der Waals surface area contributed by atoms with E-state index in [1.165, 1.54) is 6.42 Å². The molecule has 1 heterocycles. The van der Waals surface area contributed by atoms with Crippen LogP contribution in [-0.4, -0.2) is 49.1 Å². The van der Waals surface area contributed by atoms with Crippen molar-refractivity contribution in [3.63, 3.8) is 0 Å². The minimum atomic E-state index is -0.893. The van der Waals surface area contributed by atoms with Gasteiger partial charge in [-0.3, -0.25) is 9.59 Å². The van der Waals surface area contributed by atoms with Crippen molar-refractivity contribution in [2.24, 2.45) is 0 Å². The molecule has 0 radical (unpaired) electrons. The molecular weight excluding hydrogens is 530 g/mol. The van der Waals surface area contributed by atoms with Gasteiger partial charge in [-0.1, -0.05) is 55.7 Å². The van der Waals surface area contributed by atoms with Crippen LogP contribution < -0.4 is 19.5 Å². The van der Waals surface area contributed by atoms with Crippen LogP contribution in [0.4, 0.5) is 0 Å². The maximum atomic E-state index is 14.3. The molecule has 1 aromatic heterocycles. The molecule has 0 aliphatic heterocycles. The quantitative estimate of drug-likeness (QED) is 0.233. The third-order valence-corrected chi connectivity index (χ3v) is 8.06. The molecule has 1 unspecified atom stereocenters. The molecule has 1 fully saturated rings. The first-order valence-corrected chi connectivity index (χ1v) is 14.5. The lowest BCUT2D eigenvalue weighted by Crippen LogP contribution is -2.47. The third kappa shape index (κ3) is 6.54. The number of methoxy groups -OCH3 is 3. The number of amides is 2. The maximum absolute atomic E-state index is 14.3. The number of hydrogen-bond donors (Lipinski definition) is 2. The Labute approximate surface area is 247 Å². The first-order valence-electron chi connectivity index (χ1n) is 14.5. The highest BCUT2D eigenvalue weighted by atomic mass is 16.5. The minimum Gasteiger partial charge on any atom is -0.497 e. The van der Waals surface area contributed by atoms with Crippen LogP contribution in [0.15, 0.2) is 72.9 Å². The van der Waals surface area contributed by atoms with E-state index in [0.717, 1.165) is 47.7 Å². The Balaban J connectivity index is 1.57. The summed E-state index contributed by atoms with van der Waals surface area (Å²) >= 11 is 0. The highest BCUT2D eigenvalue weighted by molar-refractivity contribution is 5.92. The number of H-pyrrole nitrogens is 1. The van der Waals surface area contributed by atoms with E-state index in [1.54, 1.807) is 38.4 Å². The fraction of sp³-hybridized carbons (Fsp3) is 0.353. The van der Waals surface area contributed by atoms with Gasteiger partial charge in [-0.05, 0) is 59.9 Å². The molecule has 2 amide bonds. The van der Waals surface area contributed by atoms with Crippen molar-refractivity contribution in [1.29, 1.82) is 0 Å². The summed E-state index contributed by atoms with van der Waals surface area (Å²) in [6.07, 6.45) is 7.22. The Bertz CT molecular complexity index is 1520. The van der Waals surface area contributed by atoms with E-state index in [4.69, 9.17) is 14.2 Å². The van der Waals surface area contributed by atoms with Gasteiger partial charge in [0.1, 0.15) is 11.8 Å². The van der Waals surface area contributed by atoms with Crippen LogP contribution in [0.3, 0.4) is 0 Å². The van der Waals surface area contributed by atoms with Gasteiger partial charge >= 0.3 is 0 Å². The van der Waals surface area contributed by atoms with Crippen LogP contribution >= 0.6 is 0 Å². The van der Waals surface area contributed by atoms with Crippen LogP contribution in [0.1, 0.15) is 54.8 Å². The molecule has 1 aliphatic carbocycles. The smallest absolute Gasteiger partial charge is 0.247 e. The zero-order valence-corrected chi connectivity index (χ0v) is 24.5. The number of carbonyl (C=O) groups is 2. The number of nitrogens with one attached hydrogen (secondary N) is 2. The van der Waals surface area contributed by atoms with E-state index in [9.17, 15) is 9.59 Å². The lowest BCUT2D eigenvalue weighted by molar-refractivity contribution is -0.141. The standard InChI is InChI=1S/C34H39N3O5/c1-40-27-13-9-10-23(18-27)22-37(32(38)20-25-21-35-29-15-8-7-14-28(25)29)33(34(39)36-26-11-5-4-6-12-26)24-16-17-30(41-2)31(19-24)42-3/h7-10,13-19,21,26,33,35H,4-6,11-12,20,22H2,1-3H3,(H,36,39). The number of ether oxygens (including phenoxy) is 3. The summed E-state index contributed by atoms with van der Waals surface area (Å²) in [6.45, 7) is 0.218. The number of benzene rings is 3. The molecule has 1 saturated carbocycles. The zero-order valence-electron chi connectivity index (χ0n) is 24.5.